The highest BCUT2D eigenvalue weighted by atomic mass is 16.5. The fraction of sp³-hybridized carbons (Fsp3) is 0.429. The highest BCUT2D eigenvalue weighted by molar-refractivity contribution is 5.78. The first-order valence-electron chi connectivity index (χ1n) is 6.53. The summed E-state index contributed by atoms with van der Waals surface area (Å²) in [5, 5.41) is 8.03. The molecule has 0 aromatic heterocycles. The van der Waals surface area contributed by atoms with Crippen LogP contribution in [0.25, 0.3) is 0 Å². The van der Waals surface area contributed by atoms with Crippen molar-refractivity contribution in [1.29, 1.82) is 0 Å². The van der Waals surface area contributed by atoms with Crippen molar-refractivity contribution in [3.63, 3.8) is 0 Å². The normalized spacial score (nSPS) is 9.85. The number of rotatable bonds is 8. The summed E-state index contributed by atoms with van der Waals surface area (Å²) in [6.07, 6.45) is 0.252. The Labute approximate surface area is 118 Å². The van der Waals surface area contributed by atoms with Gasteiger partial charge < -0.3 is 20.7 Å². The van der Waals surface area contributed by atoms with Crippen LogP contribution in [0.5, 0.6) is 0 Å². The molecule has 1 aromatic rings. The molecule has 1 aromatic carbocycles. The van der Waals surface area contributed by atoms with Gasteiger partial charge in [-0.2, -0.15) is 0 Å². The van der Waals surface area contributed by atoms with Crippen molar-refractivity contribution in [3.05, 3.63) is 35.9 Å². The standard InChI is InChI=1S/C14H21N3O3/c1-20-10-9-15-13(18)7-8-16-14(19)17-11-12-5-3-2-4-6-12/h2-6H,7-11H2,1H3,(H,15,18)(H2,16,17,19). The van der Waals surface area contributed by atoms with Gasteiger partial charge in [-0.15, -0.1) is 0 Å². The Balaban J connectivity index is 2.07. The predicted molar refractivity (Wildman–Crippen MR) is 76.2 cm³/mol. The fourth-order valence-electron chi connectivity index (χ4n) is 1.51. The van der Waals surface area contributed by atoms with Gasteiger partial charge in [0.05, 0.1) is 6.61 Å². The van der Waals surface area contributed by atoms with Crippen molar-refractivity contribution in [2.24, 2.45) is 0 Å². The quantitative estimate of drug-likeness (QED) is 0.611. The van der Waals surface area contributed by atoms with Gasteiger partial charge in [0.25, 0.3) is 0 Å². The van der Waals surface area contributed by atoms with E-state index in [1.807, 2.05) is 30.3 Å². The molecule has 0 fully saturated rings. The average molecular weight is 279 g/mol. The molecular formula is C14H21N3O3. The second kappa shape index (κ2) is 9.80. The molecule has 0 saturated carbocycles. The molecule has 0 atom stereocenters. The first kappa shape index (κ1) is 16.0. The van der Waals surface area contributed by atoms with Crippen LogP contribution in [0.4, 0.5) is 4.79 Å². The first-order chi connectivity index (χ1) is 9.72. The largest absolute Gasteiger partial charge is 0.383 e. The zero-order valence-corrected chi connectivity index (χ0v) is 11.6. The van der Waals surface area contributed by atoms with E-state index >= 15 is 0 Å². The van der Waals surface area contributed by atoms with Crippen LogP contribution in [-0.4, -0.2) is 38.7 Å². The molecule has 1 rings (SSSR count). The second-order valence-corrected chi connectivity index (χ2v) is 4.19. The van der Waals surface area contributed by atoms with E-state index < -0.39 is 0 Å². The van der Waals surface area contributed by atoms with Crippen molar-refractivity contribution < 1.29 is 14.3 Å². The minimum absolute atomic E-state index is 0.106. The molecule has 0 bridgehead atoms. The molecule has 6 nitrogen and oxygen atoms in total. The van der Waals surface area contributed by atoms with Gasteiger partial charge in [-0.05, 0) is 5.56 Å². The maximum atomic E-state index is 11.5. The van der Waals surface area contributed by atoms with Crippen LogP contribution >= 0.6 is 0 Å². The van der Waals surface area contributed by atoms with Gasteiger partial charge in [-0.25, -0.2) is 4.79 Å². The Bertz CT molecular complexity index is 409. The minimum Gasteiger partial charge on any atom is -0.383 e. The van der Waals surface area contributed by atoms with Gasteiger partial charge in [-0.1, -0.05) is 30.3 Å². The maximum Gasteiger partial charge on any atom is 0.315 e. The number of benzene rings is 1. The molecule has 0 unspecified atom stereocenters. The number of carbonyl (C=O) groups is 2. The van der Waals surface area contributed by atoms with Crippen molar-refractivity contribution in [3.8, 4) is 0 Å². The molecule has 0 aliphatic carbocycles. The zero-order chi connectivity index (χ0) is 14.6. The number of ether oxygens (including phenoxy) is 1. The SMILES string of the molecule is COCCNC(=O)CCNC(=O)NCc1ccccc1. The van der Waals surface area contributed by atoms with Gasteiger partial charge in [0.1, 0.15) is 0 Å². The highest BCUT2D eigenvalue weighted by Gasteiger charge is 2.03. The Morgan fingerprint density at radius 2 is 1.80 bits per heavy atom. The third kappa shape index (κ3) is 7.38. The first-order valence-corrected chi connectivity index (χ1v) is 6.53. The molecule has 0 radical (unpaired) electrons. The van der Waals surface area contributed by atoms with Gasteiger partial charge in [0, 0.05) is 33.2 Å². The van der Waals surface area contributed by atoms with E-state index in [1.165, 1.54) is 0 Å². The lowest BCUT2D eigenvalue weighted by Crippen LogP contribution is -2.37. The average Bonchev–Trinajstić information content (AvgIpc) is 2.46. The predicted octanol–water partition coefficient (Wildman–Crippen LogP) is 0.639. The van der Waals surface area contributed by atoms with Crippen LogP contribution in [0.3, 0.4) is 0 Å². The summed E-state index contributed by atoms with van der Waals surface area (Å²) in [6, 6.07) is 9.34. The number of nitrogens with one attached hydrogen (secondary N) is 3. The Morgan fingerprint density at radius 3 is 2.50 bits per heavy atom. The van der Waals surface area contributed by atoms with Crippen molar-refractivity contribution in [2.45, 2.75) is 13.0 Å². The molecule has 3 N–H and O–H groups in total. The summed E-state index contributed by atoms with van der Waals surface area (Å²) in [7, 11) is 1.57. The van der Waals surface area contributed by atoms with E-state index in [-0.39, 0.29) is 18.4 Å². The zero-order valence-electron chi connectivity index (χ0n) is 11.6. The van der Waals surface area contributed by atoms with E-state index in [1.54, 1.807) is 7.11 Å². The molecule has 0 aliphatic heterocycles. The molecule has 0 aliphatic rings. The number of urea groups is 1. The number of hydrogen-bond donors (Lipinski definition) is 3. The Morgan fingerprint density at radius 1 is 1.05 bits per heavy atom. The van der Waals surface area contributed by atoms with Crippen molar-refractivity contribution in [1.82, 2.24) is 16.0 Å². The van der Waals surface area contributed by atoms with Crippen molar-refractivity contribution in [2.75, 3.05) is 26.8 Å². The summed E-state index contributed by atoms with van der Waals surface area (Å²) in [4.78, 5) is 22.8. The minimum atomic E-state index is -0.279. The summed E-state index contributed by atoms with van der Waals surface area (Å²) in [5.74, 6) is -0.106. The summed E-state index contributed by atoms with van der Waals surface area (Å²) >= 11 is 0. The Hall–Kier alpha value is -2.08. The van der Waals surface area contributed by atoms with Crippen LogP contribution in [-0.2, 0) is 16.1 Å². The lowest BCUT2D eigenvalue weighted by atomic mass is 10.2. The molecule has 0 spiro atoms. The van der Waals surface area contributed by atoms with Gasteiger partial charge in [-0.3, -0.25) is 4.79 Å². The smallest absolute Gasteiger partial charge is 0.315 e. The molecular weight excluding hydrogens is 258 g/mol. The van der Waals surface area contributed by atoms with Crippen LogP contribution in [0.1, 0.15) is 12.0 Å². The molecule has 110 valence electrons. The van der Waals surface area contributed by atoms with E-state index in [4.69, 9.17) is 4.74 Å². The molecule has 20 heavy (non-hydrogen) atoms. The topological polar surface area (TPSA) is 79.5 Å². The van der Waals surface area contributed by atoms with Crippen LogP contribution in [0, 0.1) is 0 Å². The van der Waals surface area contributed by atoms with Crippen LogP contribution in [0.15, 0.2) is 30.3 Å². The van der Waals surface area contributed by atoms with Crippen LogP contribution in [0.2, 0.25) is 0 Å². The highest BCUT2D eigenvalue weighted by Crippen LogP contribution is 1.96. The monoisotopic (exact) mass is 279 g/mol. The fourth-order valence-corrected chi connectivity index (χ4v) is 1.51. The number of hydrogen-bond acceptors (Lipinski definition) is 3. The van der Waals surface area contributed by atoms with Gasteiger partial charge in [0.2, 0.25) is 5.91 Å². The Kier molecular flexibility index (Phi) is 7.83. The summed E-state index contributed by atoms with van der Waals surface area (Å²) in [6.45, 7) is 1.73. The second-order valence-electron chi connectivity index (χ2n) is 4.19. The lowest BCUT2D eigenvalue weighted by Gasteiger charge is -2.08. The molecule has 6 heteroatoms. The van der Waals surface area contributed by atoms with E-state index in [0.717, 1.165) is 5.56 Å². The van der Waals surface area contributed by atoms with Gasteiger partial charge >= 0.3 is 6.03 Å². The van der Waals surface area contributed by atoms with E-state index in [9.17, 15) is 9.59 Å². The number of methoxy groups -OCH3 is 1. The summed E-state index contributed by atoms with van der Waals surface area (Å²) in [5.41, 5.74) is 1.03. The molecule has 0 heterocycles. The number of carbonyl (C=O) groups excluding carboxylic acids is 2. The van der Waals surface area contributed by atoms with E-state index in [0.29, 0.717) is 26.2 Å². The van der Waals surface area contributed by atoms with E-state index in [2.05, 4.69) is 16.0 Å². The number of amides is 3. The third-order valence-electron chi connectivity index (χ3n) is 2.56. The maximum absolute atomic E-state index is 11.5. The molecule has 0 saturated heterocycles. The lowest BCUT2D eigenvalue weighted by molar-refractivity contribution is -0.121. The summed E-state index contributed by atoms with van der Waals surface area (Å²) < 4.78 is 4.81. The van der Waals surface area contributed by atoms with Gasteiger partial charge in [0.15, 0.2) is 0 Å². The van der Waals surface area contributed by atoms with Crippen LogP contribution < -0.4 is 16.0 Å². The third-order valence-corrected chi connectivity index (χ3v) is 2.56. The molecule has 3 amide bonds. The van der Waals surface area contributed by atoms with Crippen molar-refractivity contribution >= 4 is 11.9 Å².